The molecule has 0 aliphatic heterocycles. The third kappa shape index (κ3) is 1.83. The van der Waals surface area contributed by atoms with Crippen LogP contribution >= 0.6 is 15.9 Å². The van der Waals surface area contributed by atoms with Gasteiger partial charge in [-0.05, 0) is 43.1 Å². The molecule has 0 atom stereocenters. The van der Waals surface area contributed by atoms with Gasteiger partial charge >= 0.3 is 0 Å². The molecule has 14 heavy (non-hydrogen) atoms. The van der Waals surface area contributed by atoms with Gasteiger partial charge in [0, 0.05) is 21.6 Å². The summed E-state index contributed by atoms with van der Waals surface area (Å²) < 4.78 is 1.12. The van der Waals surface area contributed by atoms with Crippen molar-refractivity contribution < 1.29 is 0 Å². The van der Waals surface area contributed by atoms with E-state index in [9.17, 15) is 0 Å². The van der Waals surface area contributed by atoms with Gasteiger partial charge in [0.1, 0.15) is 0 Å². The lowest BCUT2D eigenvalue weighted by Gasteiger charge is -1.97. The number of fused-ring (bicyclic) bond motifs is 1. The van der Waals surface area contributed by atoms with E-state index in [0.717, 1.165) is 23.9 Å². The molecule has 2 aromatic rings. The van der Waals surface area contributed by atoms with Gasteiger partial charge in [0.2, 0.25) is 0 Å². The molecule has 0 bridgehead atoms. The topological polar surface area (TPSA) is 41.8 Å². The minimum Gasteiger partial charge on any atom is -0.361 e. The third-order valence-electron chi connectivity index (χ3n) is 2.38. The quantitative estimate of drug-likeness (QED) is 0.867. The number of H-pyrrole nitrogens is 1. The number of aryl methyl sites for hydroxylation is 1. The van der Waals surface area contributed by atoms with Gasteiger partial charge < -0.3 is 10.7 Å². The molecule has 0 amide bonds. The van der Waals surface area contributed by atoms with Crippen LogP contribution in [0.1, 0.15) is 12.0 Å². The second-order valence-corrected chi connectivity index (χ2v) is 4.31. The summed E-state index contributed by atoms with van der Waals surface area (Å²) in [6, 6.07) is 6.29. The average Bonchev–Trinajstić information content (AvgIpc) is 2.57. The Kier molecular flexibility index (Phi) is 2.89. The van der Waals surface area contributed by atoms with Crippen LogP contribution in [0.25, 0.3) is 10.9 Å². The zero-order valence-electron chi connectivity index (χ0n) is 7.89. The molecule has 0 radical (unpaired) electrons. The Balaban J connectivity index is 2.40. The van der Waals surface area contributed by atoms with Gasteiger partial charge in [-0.1, -0.05) is 15.9 Å². The maximum atomic E-state index is 5.50. The van der Waals surface area contributed by atoms with E-state index in [1.807, 2.05) is 6.07 Å². The predicted molar refractivity (Wildman–Crippen MR) is 63.4 cm³/mol. The van der Waals surface area contributed by atoms with Crippen LogP contribution in [0.5, 0.6) is 0 Å². The Bertz CT molecular complexity index is 434. The highest BCUT2D eigenvalue weighted by molar-refractivity contribution is 9.10. The predicted octanol–water partition coefficient (Wildman–Crippen LogP) is 2.82. The Morgan fingerprint density at radius 2 is 2.21 bits per heavy atom. The number of hydrogen-bond donors (Lipinski definition) is 2. The van der Waals surface area contributed by atoms with E-state index in [0.29, 0.717) is 0 Å². The van der Waals surface area contributed by atoms with E-state index >= 15 is 0 Å². The van der Waals surface area contributed by atoms with Crippen molar-refractivity contribution in [2.45, 2.75) is 12.8 Å². The van der Waals surface area contributed by atoms with Crippen LogP contribution in [0.2, 0.25) is 0 Å². The lowest BCUT2D eigenvalue weighted by atomic mass is 10.1. The lowest BCUT2D eigenvalue weighted by Crippen LogP contribution is -1.99. The van der Waals surface area contributed by atoms with Crippen LogP contribution in [0.4, 0.5) is 0 Å². The second-order valence-electron chi connectivity index (χ2n) is 3.40. The molecule has 2 nitrogen and oxygen atoms in total. The molecule has 0 saturated heterocycles. The number of hydrogen-bond acceptors (Lipinski definition) is 1. The maximum Gasteiger partial charge on any atom is 0.0457 e. The van der Waals surface area contributed by atoms with Crippen molar-refractivity contribution in [3.8, 4) is 0 Å². The van der Waals surface area contributed by atoms with Gasteiger partial charge in [-0.15, -0.1) is 0 Å². The number of aromatic nitrogens is 1. The highest BCUT2D eigenvalue weighted by Crippen LogP contribution is 2.23. The average molecular weight is 253 g/mol. The number of benzene rings is 1. The number of aromatic amines is 1. The standard InChI is InChI=1S/C11H13BrN2/c12-9-3-4-11-10(6-9)8(7-14-11)2-1-5-13/h3-4,6-7,14H,1-2,5,13H2. The van der Waals surface area contributed by atoms with E-state index in [1.54, 1.807) is 0 Å². The van der Waals surface area contributed by atoms with Crippen molar-refractivity contribution in [1.82, 2.24) is 4.98 Å². The van der Waals surface area contributed by atoms with E-state index in [4.69, 9.17) is 5.73 Å². The molecule has 1 aromatic heterocycles. The number of nitrogens with two attached hydrogens (primary N) is 1. The van der Waals surface area contributed by atoms with Gasteiger partial charge in [-0.2, -0.15) is 0 Å². The first kappa shape index (κ1) is 9.74. The van der Waals surface area contributed by atoms with Crippen molar-refractivity contribution >= 4 is 26.8 Å². The smallest absolute Gasteiger partial charge is 0.0457 e. The van der Waals surface area contributed by atoms with Crippen molar-refractivity contribution in [1.29, 1.82) is 0 Å². The van der Waals surface area contributed by atoms with Crippen molar-refractivity contribution in [2.75, 3.05) is 6.54 Å². The van der Waals surface area contributed by atoms with E-state index in [1.165, 1.54) is 16.5 Å². The fraction of sp³-hybridized carbons (Fsp3) is 0.273. The molecule has 3 N–H and O–H groups in total. The molecule has 1 heterocycles. The summed E-state index contributed by atoms with van der Waals surface area (Å²) in [5.41, 5.74) is 8.05. The molecule has 74 valence electrons. The molecule has 0 spiro atoms. The Labute approximate surface area is 91.6 Å². The van der Waals surface area contributed by atoms with Crippen LogP contribution in [-0.4, -0.2) is 11.5 Å². The molecule has 0 unspecified atom stereocenters. The summed E-state index contributed by atoms with van der Waals surface area (Å²) in [5.74, 6) is 0. The summed E-state index contributed by atoms with van der Waals surface area (Å²) in [6.45, 7) is 0.751. The van der Waals surface area contributed by atoms with Gasteiger partial charge in [0.25, 0.3) is 0 Å². The fourth-order valence-corrected chi connectivity index (χ4v) is 2.01. The first-order chi connectivity index (χ1) is 6.81. The van der Waals surface area contributed by atoms with Crippen molar-refractivity contribution in [3.63, 3.8) is 0 Å². The highest BCUT2D eigenvalue weighted by atomic mass is 79.9. The Hall–Kier alpha value is -0.800. The Morgan fingerprint density at radius 3 is 3.00 bits per heavy atom. The van der Waals surface area contributed by atoms with Crippen LogP contribution in [0, 0.1) is 0 Å². The van der Waals surface area contributed by atoms with Crippen LogP contribution < -0.4 is 5.73 Å². The number of rotatable bonds is 3. The van der Waals surface area contributed by atoms with Crippen LogP contribution in [0.15, 0.2) is 28.9 Å². The summed E-state index contributed by atoms with van der Waals surface area (Å²) in [5, 5.41) is 1.30. The lowest BCUT2D eigenvalue weighted by molar-refractivity contribution is 0.837. The third-order valence-corrected chi connectivity index (χ3v) is 2.87. The van der Waals surface area contributed by atoms with Gasteiger partial charge in [-0.25, -0.2) is 0 Å². The first-order valence-corrected chi connectivity index (χ1v) is 5.56. The van der Waals surface area contributed by atoms with Gasteiger partial charge in [-0.3, -0.25) is 0 Å². The molecule has 1 aromatic carbocycles. The monoisotopic (exact) mass is 252 g/mol. The highest BCUT2D eigenvalue weighted by Gasteiger charge is 2.02. The zero-order valence-corrected chi connectivity index (χ0v) is 9.47. The second kappa shape index (κ2) is 4.15. The minimum atomic E-state index is 0.751. The summed E-state index contributed by atoms with van der Waals surface area (Å²) in [4.78, 5) is 3.26. The van der Waals surface area contributed by atoms with Gasteiger partial charge in [0.05, 0.1) is 0 Å². The summed E-state index contributed by atoms with van der Waals surface area (Å²) in [7, 11) is 0. The molecular weight excluding hydrogens is 240 g/mol. The first-order valence-electron chi connectivity index (χ1n) is 4.77. The molecule has 0 aliphatic rings. The van der Waals surface area contributed by atoms with E-state index < -0.39 is 0 Å². The van der Waals surface area contributed by atoms with Crippen LogP contribution in [-0.2, 0) is 6.42 Å². The largest absolute Gasteiger partial charge is 0.361 e. The maximum absolute atomic E-state index is 5.50. The SMILES string of the molecule is NCCCc1c[nH]c2ccc(Br)cc12. The number of halogens is 1. The number of nitrogens with one attached hydrogen (secondary N) is 1. The normalized spacial score (nSPS) is 11.0. The van der Waals surface area contributed by atoms with Crippen molar-refractivity contribution in [3.05, 3.63) is 34.4 Å². The van der Waals surface area contributed by atoms with Gasteiger partial charge in [0.15, 0.2) is 0 Å². The minimum absolute atomic E-state index is 0.751. The Morgan fingerprint density at radius 1 is 1.36 bits per heavy atom. The summed E-state index contributed by atoms with van der Waals surface area (Å²) in [6.07, 6.45) is 4.17. The zero-order chi connectivity index (χ0) is 9.97. The fourth-order valence-electron chi connectivity index (χ4n) is 1.65. The van der Waals surface area contributed by atoms with Crippen molar-refractivity contribution in [2.24, 2.45) is 5.73 Å². The molecule has 0 saturated carbocycles. The molecule has 0 fully saturated rings. The molecule has 2 rings (SSSR count). The van der Waals surface area contributed by atoms with Crippen LogP contribution in [0.3, 0.4) is 0 Å². The van der Waals surface area contributed by atoms with E-state index in [2.05, 4.69) is 39.2 Å². The summed E-state index contributed by atoms with van der Waals surface area (Å²) >= 11 is 3.48. The van der Waals surface area contributed by atoms with E-state index in [-0.39, 0.29) is 0 Å². The molecule has 0 aliphatic carbocycles. The molecular formula is C11H13BrN2. The molecule has 3 heteroatoms.